The molecule has 5 heteroatoms. The fourth-order valence-electron chi connectivity index (χ4n) is 3.74. The van der Waals surface area contributed by atoms with Crippen LogP contribution < -0.4 is 5.32 Å². The first-order valence-corrected chi connectivity index (χ1v) is 9.60. The van der Waals surface area contributed by atoms with E-state index < -0.39 is 0 Å². The molecule has 2 fully saturated rings. The van der Waals surface area contributed by atoms with Gasteiger partial charge in [0, 0.05) is 36.1 Å². The molecule has 2 aliphatic rings. The van der Waals surface area contributed by atoms with Crippen molar-refractivity contribution in [1.29, 1.82) is 0 Å². The summed E-state index contributed by atoms with van der Waals surface area (Å²) >= 11 is 1.62. The van der Waals surface area contributed by atoms with E-state index in [0.29, 0.717) is 18.5 Å². The Morgan fingerprint density at radius 1 is 1.33 bits per heavy atom. The van der Waals surface area contributed by atoms with Crippen molar-refractivity contribution >= 4 is 17.2 Å². The van der Waals surface area contributed by atoms with Crippen LogP contribution in [-0.4, -0.2) is 41.0 Å². The van der Waals surface area contributed by atoms with Crippen LogP contribution in [0, 0.1) is 6.92 Å². The Labute approximate surface area is 146 Å². The molecule has 4 nitrogen and oxygen atoms in total. The summed E-state index contributed by atoms with van der Waals surface area (Å²) in [4.78, 5) is 19.4. The second kappa shape index (κ2) is 6.65. The number of carbonyl (C=O) groups excluding carboxylic acids is 1. The van der Waals surface area contributed by atoms with Crippen LogP contribution in [0.3, 0.4) is 0 Å². The molecule has 1 N–H and O–H groups in total. The lowest BCUT2D eigenvalue weighted by Crippen LogP contribution is -2.39. The molecule has 1 aromatic heterocycles. The van der Waals surface area contributed by atoms with Gasteiger partial charge in [-0.05, 0) is 32.3 Å². The van der Waals surface area contributed by atoms with Crippen LogP contribution in [0.4, 0.5) is 0 Å². The van der Waals surface area contributed by atoms with Gasteiger partial charge in [-0.25, -0.2) is 4.98 Å². The number of likely N-dealkylation sites (tertiary alicyclic amines) is 1. The number of hydrogen-bond donors (Lipinski definition) is 1. The maximum Gasteiger partial charge on any atom is 0.228 e. The standard InChI is InChI=1S/C19H23N3OS/c1-13-3-2-4-14(9-13)19-21-17(12-24-19)10-18(23)22-8-7-15-5-6-16(11-22)20-15/h2-4,9,12,15-16,20H,5-8,10-11H2,1H3. The molecule has 4 rings (SSSR count). The van der Waals surface area contributed by atoms with Gasteiger partial charge in [0.15, 0.2) is 0 Å². The molecule has 2 bridgehead atoms. The molecule has 0 radical (unpaired) electrons. The molecule has 2 saturated heterocycles. The maximum absolute atomic E-state index is 12.7. The van der Waals surface area contributed by atoms with Gasteiger partial charge >= 0.3 is 0 Å². The average molecular weight is 341 g/mol. The van der Waals surface area contributed by atoms with Crippen LogP contribution in [-0.2, 0) is 11.2 Å². The summed E-state index contributed by atoms with van der Waals surface area (Å²) in [6, 6.07) is 9.45. The first-order chi connectivity index (χ1) is 11.7. The van der Waals surface area contributed by atoms with E-state index in [2.05, 4.69) is 41.5 Å². The van der Waals surface area contributed by atoms with E-state index in [-0.39, 0.29) is 5.91 Å². The number of nitrogens with zero attached hydrogens (tertiary/aromatic N) is 2. The zero-order valence-electron chi connectivity index (χ0n) is 14.0. The maximum atomic E-state index is 12.7. The van der Waals surface area contributed by atoms with Gasteiger partial charge in [-0.3, -0.25) is 4.79 Å². The zero-order valence-corrected chi connectivity index (χ0v) is 14.8. The van der Waals surface area contributed by atoms with Crippen LogP contribution in [0.15, 0.2) is 29.6 Å². The number of thiazole rings is 1. The van der Waals surface area contributed by atoms with Crippen molar-refractivity contribution in [2.75, 3.05) is 13.1 Å². The molecular weight excluding hydrogens is 318 g/mol. The fourth-order valence-corrected chi connectivity index (χ4v) is 4.55. The number of aromatic nitrogens is 1. The SMILES string of the molecule is Cc1cccc(-c2nc(CC(=O)N3CCC4CCC(C3)N4)cs2)c1. The lowest BCUT2D eigenvalue weighted by Gasteiger charge is -2.24. The molecule has 126 valence electrons. The Morgan fingerprint density at radius 3 is 3.08 bits per heavy atom. The fraction of sp³-hybridized carbons (Fsp3) is 0.474. The predicted octanol–water partition coefficient (Wildman–Crippen LogP) is 3.01. The predicted molar refractivity (Wildman–Crippen MR) is 97.1 cm³/mol. The highest BCUT2D eigenvalue weighted by atomic mass is 32.1. The molecule has 0 aliphatic carbocycles. The number of nitrogens with one attached hydrogen (secondary N) is 1. The number of amides is 1. The molecule has 2 atom stereocenters. The molecule has 0 spiro atoms. The van der Waals surface area contributed by atoms with Crippen molar-refractivity contribution in [2.45, 2.75) is 44.7 Å². The van der Waals surface area contributed by atoms with Crippen molar-refractivity contribution in [3.8, 4) is 10.6 Å². The van der Waals surface area contributed by atoms with Crippen LogP contribution in [0.5, 0.6) is 0 Å². The molecule has 1 aromatic carbocycles. The third-order valence-corrected chi connectivity index (χ3v) is 5.97. The summed E-state index contributed by atoms with van der Waals surface area (Å²) in [7, 11) is 0. The highest BCUT2D eigenvalue weighted by Crippen LogP contribution is 2.25. The first kappa shape index (κ1) is 15.8. The molecule has 0 saturated carbocycles. The number of benzene rings is 1. The van der Waals surface area contributed by atoms with Gasteiger partial charge in [0.2, 0.25) is 5.91 Å². The van der Waals surface area contributed by atoms with E-state index in [9.17, 15) is 4.79 Å². The van der Waals surface area contributed by atoms with Gasteiger partial charge in [-0.2, -0.15) is 0 Å². The third-order valence-electron chi connectivity index (χ3n) is 5.03. The lowest BCUT2D eigenvalue weighted by molar-refractivity contribution is -0.130. The van der Waals surface area contributed by atoms with Crippen molar-refractivity contribution in [3.05, 3.63) is 40.9 Å². The molecule has 2 aromatic rings. The highest BCUT2D eigenvalue weighted by molar-refractivity contribution is 7.13. The number of fused-ring (bicyclic) bond motifs is 2. The number of carbonyl (C=O) groups is 1. The second-order valence-electron chi connectivity index (χ2n) is 6.96. The minimum Gasteiger partial charge on any atom is -0.341 e. The molecule has 1 amide bonds. The van der Waals surface area contributed by atoms with Gasteiger partial charge in [-0.1, -0.05) is 23.8 Å². The molecule has 3 heterocycles. The Bertz CT molecular complexity index is 742. The van der Waals surface area contributed by atoms with Crippen molar-refractivity contribution in [3.63, 3.8) is 0 Å². The van der Waals surface area contributed by atoms with Crippen molar-refractivity contribution < 1.29 is 4.79 Å². The highest BCUT2D eigenvalue weighted by Gasteiger charge is 2.31. The Kier molecular flexibility index (Phi) is 4.37. The number of rotatable bonds is 3. The van der Waals surface area contributed by atoms with E-state index in [1.165, 1.54) is 18.4 Å². The number of hydrogen-bond acceptors (Lipinski definition) is 4. The van der Waals surface area contributed by atoms with Gasteiger partial charge in [0.05, 0.1) is 12.1 Å². The summed E-state index contributed by atoms with van der Waals surface area (Å²) in [6.07, 6.45) is 3.95. The Hall–Kier alpha value is -1.72. The molecule has 2 unspecified atom stereocenters. The quantitative estimate of drug-likeness (QED) is 0.933. The van der Waals surface area contributed by atoms with E-state index in [4.69, 9.17) is 0 Å². The average Bonchev–Trinajstić information content (AvgIpc) is 3.14. The number of aryl methyl sites for hydroxylation is 1. The smallest absolute Gasteiger partial charge is 0.228 e. The van der Waals surface area contributed by atoms with Crippen LogP contribution in [0.25, 0.3) is 10.6 Å². The molecule has 24 heavy (non-hydrogen) atoms. The third kappa shape index (κ3) is 3.37. The minimum atomic E-state index is 0.213. The summed E-state index contributed by atoms with van der Waals surface area (Å²) in [6.45, 7) is 3.81. The minimum absolute atomic E-state index is 0.213. The van der Waals surface area contributed by atoms with Gasteiger partial charge < -0.3 is 10.2 Å². The summed E-state index contributed by atoms with van der Waals surface area (Å²) in [5.74, 6) is 0.213. The largest absolute Gasteiger partial charge is 0.341 e. The van der Waals surface area contributed by atoms with Gasteiger partial charge in [-0.15, -0.1) is 11.3 Å². The summed E-state index contributed by atoms with van der Waals surface area (Å²) in [5, 5.41) is 6.65. The summed E-state index contributed by atoms with van der Waals surface area (Å²) < 4.78 is 0. The van der Waals surface area contributed by atoms with Gasteiger partial charge in [0.1, 0.15) is 5.01 Å². The first-order valence-electron chi connectivity index (χ1n) is 8.72. The van der Waals surface area contributed by atoms with Crippen molar-refractivity contribution in [1.82, 2.24) is 15.2 Å². The van der Waals surface area contributed by atoms with Crippen LogP contribution in [0.2, 0.25) is 0 Å². The van der Waals surface area contributed by atoms with Gasteiger partial charge in [0.25, 0.3) is 0 Å². The zero-order chi connectivity index (χ0) is 16.5. The Morgan fingerprint density at radius 2 is 2.21 bits per heavy atom. The summed E-state index contributed by atoms with van der Waals surface area (Å²) in [5.41, 5.74) is 3.26. The topological polar surface area (TPSA) is 45.2 Å². The van der Waals surface area contributed by atoms with Crippen LogP contribution >= 0.6 is 11.3 Å². The van der Waals surface area contributed by atoms with Crippen LogP contribution in [0.1, 0.15) is 30.5 Å². The van der Waals surface area contributed by atoms with Crippen molar-refractivity contribution in [2.24, 2.45) is 0 Å². The van der Waals surface area contributed by atoms with E-state index >= 15 is 0 Å². The Balaban J connectivity index is 1.43. The molecular formula is C19H23N3OS. The lowest BCUT2D eigenvalue weighted by atomic mass is 10.1. The monoisotopic (exact) mass is 341 g/mol. The normalized spacial score (nSPS) is 23.3. The molecule has 2 aliphatic heterocycles. The van der Waals surface area contributed by atoms with E-state index in [1.54, 1.807) is 11.3 Å². The van der Waals surface area contributed by atoms with E-state index in [0.717, 1.165) is 35.8 Å². The van der Waals surface area contributed by atoms with E-state index in [1.807, 2.05) is 10.3 Å². The second-order valence-corrected chi connectivity index (χ2v) is 7.81.